The van der Waals surface area contributed by atoms with Gasteiger partial charge < -0.3 is 14.2 Å². The zero-order valence-electron chi connectivity index (χ0n) is 41.8. The second-order valence-electron chi connectivity index (χ2n) is 18.1. The molecule has 0 aromatic carbocycles. The van der Waals surface area contributed by atoms with Crippen molar-refractivity contribution in [3.8, 4) is 0 Å². The van der Waals surface area contributed by atoms with Gasteiger partial charge in [0.2, 0.25) is 0 Å². The van der Waals surface area contributed by atoms with Crippen LogP contribution in [0, 0.1) is 0 Å². The highest BCUT2D eigenvalue weighted by molar-refractivity contribution is 5.71. The Bertz CT molecular complexity index is 1110. The van der Waals surface area contributed by atoms with Crippen molar-refractivity contribution in [2.45, 2.75) is 284 Å². The Kier molecular flexibility index (Phi) is 49.8. The quantitative estimate of drug-likeness (QED) is 0.0262. The van der Waals surface area contributed by atoms with Crippen molar-refractivity contribution in [1.29, 1.82) is 0 Å². The molecule has 0 rings (SSSR count). The van der Waals surface area contributed by atoms with E-state index in [-0.39, 0.29) is 31.1 Å². The van der Waals surface area contributed by atoms with E-state index in [9.17, 15) is 14.4 Å². The van der Waals surface area contributed by atoms with Gasteiger partial charge in [0.15, 0.2) is 6.10 Å². The zero-order chi connectivity index (χ0) is 45.8. The van der Waals surface area contributed by atoms with Crippen LogP contribution in [0.15, 0.2) is 48.6 Å². The Balaban J connectivity index is 4.29. The minimum atomic E-state index is -0.774. The van der Waals surface area contributed by atoms with Crippen molar-refractivity contribution in [2.24, 2.45) is 0 Å². The largest absolute Gasteiger partial charge is 0.462 e. The van der Waals surface area contributed by atoms with Gasteiger partial charge in [0.1, 0.15) is 13.2 Å². The smallest absolute Gasteiger partial charge is 0.306 e. The van der Waals surface area contributed by atoms with Gasteiger partial charge in [-0.3, -0.25) is 14.4 Å². The Hall–Kier alpha value is -2.63. The van der Waals surface area contributed by atoms with E-state index in [1.54, 1.807) is 0 Å². The molecular weight excluding hydrogens is 781 g/mol. The Morgan fingerprint density at radius 2 is 0.619 bits per heavy atom. The standard InChI is InChI=1S/C57H102O6/c1-4-7-10-13-16-19-21-23-25-27-28-30-31-33-35-38-41-44-47-50-56(59)62-53-54(52-61-55(58)49-46-43-40-37-18-15-12-9-6-3)63-57(60)51-48-45-42-39-36-34-32-29-26-24-22-20-17-14-11-8-5-2/h7,10,16,19,23-26,54H,4-6,8-9,11-15,17-18,20-22,27-53H2,1-3H3/b10-7-,19-16-,25-23-,26-24-. The zero-order valence-corrected chi connectivity index (χ0v) is 41.8. The van der Waals surface area contributed by atoms with Crippen LogP contribution in [-0.2, 0) is 28.6 Å². The summed E-state index contributed by atoms with van der Waals surface area (Å²) < 4.78 is 16.8. The first-order valence-corrected chi connectivity index (χ1v) is 27.1. The van der Waals surface area contributed by atoms with E-state index in [1.807, 2.05) is 0 Å². The first-order valence-electron chi connectivity index (χ1n) is 27.1. The van der Waals surface area contributed by atoms with Crippen LogP contribution in [0.2, 0.25) is 0 Å². The van der Waals surface area contributed by atoms with Crippen molar-refractivity contribution >= 4 is 17.9 Å². The normalized spacial score (nSPS) is 12.4. The monoisotopic (exact) mass is 883 g/mol. The Morgan fingerprint density at radius 3 is 0.984 bits per heavy atom. The summed E-state index contributed by atoms with van der Waals surface area (Å²) in [5.41, 5.74) is 0. The van der Waals surface area contributed by atoms with E-state index in [0.29, 0.717) is 19.3 Å². The third-order valence-corrected chi connectivity index (χ3v) is 11.8. The van der Waals surface area contributed by atoms with Gasteiger partial charge in [0.25, 0.3) is 0 Å². The Labute approximate surface area is 390 Å². The van der Waals surface area contributed by atoms with E-state index in [0.717, 1.165) is 77.0 Å². The molecule has 6 nitrogen and oxygen atoms in total. The van der Waals surface area contributed by atoms with Crippen LogP contribution in [0.3, 0.4) is 0 Å². The minimum absolute atomic E-state index is 0.0742. The molecule has 366 valence electrons. The maximum atomic E-state index is 12.8. The SMILES string of the molecule is CC/C=C\C/C=C\C/C=C\CCCCCCCCCCCC(=O)OCC(COC(=O)CCCCCCCCCCC)OC(=O)CCCCCCCCC/C=C\CCCCCCCC. The van der Waals surface area contributed by atoms with E-state index >= 15 is 0 Å². The summed E-state index contributed by atoms with van der Waals surface area (Å²) in [7, 11) is 0. The topological polar surface area (TPSA) is 78.9 Å². The first-order chi connectivity index (χ1) is 31.0. The van der Waals surface area contributed by atoms with Gasteiger partial charge in [-0.05, 0) is 77.0 Å². The lowest BCUT2D eigenvalue weighted by atomic mass is 10.1. The van der Waals surface area contributed by atoms with Crippen LogP contribution in [0.1, 0.15) is 278 Å². The molecule has 0 aliphatic heterocycles. The third kappa shape index (κ3) is 50.2. The molecule has 0 aromatic rings. The second-order valence-corrected chi connectivity index (χ2v) is 18.1. The molecule has 0 amide bonds. The summed E-state index contributed by atoms with van der Waals surface area (Å²) in [5.74, 6) is -0.877. The van der Waals surface area contributed by atoms with Crippen LogP contribution in [0.5, 0.6) is 0 Å². The molecule has 0 aliphatic carbocycles. The van der Waals surface area contributed by atoms with Crippen LogP contribution >= 0.6 is 0 Å². The number of hydrogen-bond acceptors (Lipinski definition) is 6. The highest BCUT2D eigenvalue weighted by Gasteiger charge is 2.19. The van der Waals surface area contributed by atoms with Crippen molar-refractivity contribution in [3.63, 3.8) is 0 Å². The second kappa shape index (κ2) is 52.0. The van der Waals surface area contributed by atoms with Crippen molar-refractivity contribution in [3.05, 3.63) is 48.6 Å². The fourth-order valence-corrected chi connectivity index (χ4v) is 7.75. The van der Waals surface area contributed by atoms with Gasteiger partial charge in [-0.2, -0.15) is 0 Å². The fourth-order valence-electron chi connectivity index (χ4n) is 7.75. The summed E-state index contributed by atoms with van der Waals surface area (Å²) in [6.45, 7) is 6.52. The molecule has 6 heteroatoms. The molecule has 1 atom stereocenters. The van der Waals surface area contributed by atoms with Crippen molar-refractivity contribution in [1.82, 2.24) is 0 Å². The third-order valence-electron chi connectivity index (χ3n) is 11.8. The van der Waals surface area contributed by atoms with E-state index in [4.69, 9.17) is 14.2 Å². The molecule has 0 fully saturated rings. The molecule has 63 heavy (non-hydrogen) atoms. The van der Waals surface area contributed by atoms with Crippen molar-refractivity contribution in [2.75, 3.05) is 13.2 Å². The van der Waals surface area contributed by atoms with Gasteiger partial charge in [0.05, 0.1) is 0 Å². The number of esters is 3. The molecule has 0 bridgehead atoms. The number of hydrogen-bond donors (Lipinski definition) is 0. The van der Waals surface area contributed by atoms with Crippen LogP contribution < -0.4 is 0 Å². The molecular formula is C57H102O6. The minimum Gasteiger partial charge on any atom is -0.462 e. The molecule has 0 saturated heterocycles. The highest BCUT2D eigenvalue weighted by Crippen LogP contribution is 2.15. The molecule has 0 spiro atoms. The van der Waals surface area contributed by atoms with E-state index in [2.05, 4.69) is 69.4 Å². The van der Waals surface area contributed by atoms with Gasteiger partial charge in [0, 0.05) is 19.3 Å². The van der Waals surface area contributed by atoms with Gasteiger partial charge in [-0.1, -0.05) is 230 Å². The lowest BCUT2D eigenvalue weighted by molar-refractivity contribution is -0.167. The molecule has 0 heterocycles. The number of allylic oxidation sites excluding steroid dienone is 8. The fraction of sp³-hybridized carbons (Fsp3) is 0.807. The molecule has 0 aromatic heterocycles. The Morgan fingerprint density at radius 1 is 0.333 bits per heavy atom. The average Bonchev–Trinajstić information content (AvgIpc) is 3.28. The molecule has 0 saturated carbocycles. The number of unbranched alkanes of at least 4 members (excludes halogenated alkanes) is 30. The first kappa shape index (κ1) is 60.4. The summed E-state index contributed by atoms with van der Waals surface area (Å²) >= 11 is 0. The predicted octanol–water partition coefficient (Wildman–Crippen LogP) is 17.9. The van der Waals surface area contributed by atoms with Crippen molar-refractivity contribution < 1.29 is 28.6 Å². The molecule has 0 N–H and O–H groups in total. The van der Waals surface area contributed by atoms with E-state index in [1.165, 1.54) is 161 Å². The number of carbonyl (C=O) groups excluding carboxylic acids is 3. The van der Waals surface area contributed by atoms with Gasteiger partial charge >= 0.3 is 17.9 Å². The number of carbonyl (C=O) groups is 3. The summed E-state index contributed by atoms with van der Waals surface area (Å²) in [6.07, 6.45) is 62.4. The summed E-state index contributed by atoms with van der Waals surface area (Å²) in [4.78, 5) is 38.0. The van der Waals surface area contributed by atoms with Crippen LogP contribution in [0.25, 0.3) is 0 Å². The average molecular weight is 883 g/mol. The van der Waals surface area contributed by atoms with Crippen LogP contribution in [0.4, 0.5) is 0 Å². The predicted molar refractivity (Wildman–Crippen MR) is 270 cm³/mol. The molecule has 1 unspecified atom stereocenters. The van der Waals surface area contributed by atoms with E-state index < -0.39 is 6.10 Å². The summed E-state index contributed by atoms with van der Waals surface area (Å²) in [5, 5.41) is 0. The maximum Gasteiger partial charge on any atom is 0.306 e. The lowest BCUT2D eigenvalue weighted by Gasteiger charge is -2.18. The number of ether oxygens (including phenoxy) is 3. The van der Waals surface area contributed by atoms with Gasteiger partial charge in [-0.15, -0.1) is 0 Å². The molecule has 0 aliphatic rings. The molecule has 0 radical (unpaired) electrons. The number of rotatable bonds is 49. The van der Waals surface area contributed by atoms with Crippen LogP contribution in [-0.4, -0.2) is 37.2 Å². The lowest BCUT2D eigenvalue weighted by Crippen LogP contribution is -2.30. The highest BCUT2D eigenvalue weighted by atomic mass is 16.6. The van der Waals surface area contributed by atoms with Gasteiger partial charge in [-0.25, -0.2) is 0 Å². The maximum absolute atomic E-state index is 12.8. The summed E-state index contributed by atoms with van der Waals surface area (Å²) in [6, 6.07) is 0.